The molecule has 0 saturated carbocycles. The second kappa shape index (κ2) is 8.65. The molecule has 10 nitrogen and oxygen atoms in total. The summed E-state index contributed by atoms with van der Waals surface area (Å²) < 4.78 is 7.64. The van der Waals surface area contributed by atoms with Crippen LogP contribution >= 0.6 is 0 Å². The highest BCUT2D eigenvalue weighted by Crippen LogP contribution is 2.48. The number of rotatable bonds is 5. The highest BCUT2D eigenvalue weighted by atomic mass is 16.4. The zero-order valence-corrected chi connectivity index (χ0v) is 19.6. The van der Waals surface area contributed by atoms with Crippen LogP contribution in [0.4, 0.5) is 0 Å². The van der Waals surface area contributed by atoms with Crippen LogP contribution in [0.1, 0.15) is 67.3 Å². The number of hydrogen-bond acceptors (Lipinski definition) is 7. The van der Waals surface area contributed by atoms with Crippen LogP contribution in [0.15, 0.2) is 16.7 Å². The number of amides is 2. The molecule has 2 aliphatic rings. The van der Waals surface area contributed by atoms with E-state index in [-0.39, 0.29) is 29.2 Å². The maximum Gasteiger partial charge on any atom is 0.274 e. The lowest BCUT2D eigenvalue weighted by atomic mass is 9.76. The van der Waals surface area contributed by atoms with Crippen molar-refractivity contribution >= 4 is 11.8 Å². The van der Waals surface area contributed by atoms with Crippen molar-refractivity contribution in [3.63, 3.8) is 0 Å². The largest absolute Gasteiger partial charge is 0.423 e. The number of carbonyl (C=O) groups is 2. The van der Waals surface area contributed by atoms with Crippen LogP contribution < -0.4 is 0 Å². The van der Waals surface area contributed by atoms with Gasteiger partial charge in [-0.05, 0) is 30.7 Å². The maximum atomic E-state index is 12.8. The zero-order chi connectivity index (χ0) is 23.0. The minimum atomic E-state index is -0.0862. The van der Waals surface area contributed by atoms with Crippen molar-refractivity contribution in [2.24, 2.45) is 12.5 Å². The van der Waals surface area contributed by atoms with Crippen LogP contribution in [-0.2, 0) is 11.8 Å². The van der Waals surface area contributed by atoms with Crippen molar-refractivity contribution in [1.29, 1.82) is 0 Å². The van der Waals surface area contributed by atoms with Gasteiger partial charge in [0.25, 0.3) is 5.91 Å². The molecule has 1 atom stereocenters. The van der Waals surface area contributed by atoms with E-state index in [0.717, 1.165) is 25.8 Å². The summed E-state index contributed by atoms with van der Waals surface area (Å²) in [5.41, 5.74) is 0.503. The highest BCUT2D eigenvalue weighted by Gasteiger charge is 2.48. The normalized spacial score (nSPS) is 20.9. The van der Waals surface area contributed by atoms with Gasteiger partial charge >= 0.3 is 0 Å². The van der Waals surface area contributed by atoms with Gasteiger partial charge in [-0.2, -0.15) is 5.10 Å². The lowest BCUT2D eigenvalue weighted by molar-refractivity contribution is -0.130. The summed E-state index contributed by atoms with van der Waals surface area (Å²) in [4.78, 5) is 31.0. The molecule has 2 fully saturated rings. The molecule has 2 aromatic heterocycles. The fraction of sp³-hybridized carbons (Fsp3) is 0.682. The van der Waals surface area contributed by atoms with Gasteiger partial charge in [-0.1, -0.05) is 13.8 Å². The summed E-state index contributed by atoms with van der Waals surface area (Å²) in [6, 6.07) is 1.67. The summed E-state index contributed by atoms with van der Waals surface area (Å²) in [6.45, 7) is 6.50. The maximum absolute atomic E-state index is 12.8. The van der Waals surface area contributed by atoms with Gasteiger partial charge in [-0.25, -0.2) is 0 Å². The van der Waals surface area contributed by atoms with Crippen molar-refractivity contribution in [3.8, 4) is 0 Å². The summed E-state index contributed by atoms with van der Waals surface area (Å²) in [7, 11) is 5.36. The minimum Gasteiger partial charge on any atom is -0.423 e. The molecule has 4 rings (SSSR count). The first kappa shape index (κ1) is 22.4. The number of aryl methyl sites for hydroxylation is 1. The second-order valence-electron chi connectivity index (χ2n) is 9.71. The van der Waals surface area contributed by atoms with Gasteiger partial charge in [0.1, 0.15) is 5.69 Å². The third-order valence-electron chi connectivity index (χ3n) is 6.72. The predicted octanol–water partition coefficient (Wildman–Crippen LogP) is 1.68. The van der Waals surface area contributed by atoms with E-state index in [4.69, 9.17) is 4.42 Å². The van der Waals surface area contributed by atoms with E-state index in [2.05, 4.69) is 20.2 Å². The Bertz CT molecular complexity index is 972. The molecule has 2 aromatic rings. The molecule has 1 unspecified atom stereocenters. The van der Waals surface area contributed by atoms with Gasteiger partial charge < -0.3 is 14.2 Å². The van der Waals surface area contributed by atoms with Gasteiger partial charge in [-0.15, -0.1) is 10.2 Å². The first-order chi connectivity index (χ1) is 15.2. The number of nitrogens with zero attached hydrogens (tertiary/aromatic N) is 7. The van der Waals surface area contributed by atoms with Crippen LogP contribution in [0.3, 0.4) is 0 Å². The number of likely N-dealkylation sites (tertiary alicyclic amines) is 2. The van der Waals surface area contributed by atoms with Gasteiger partial charge in [0.2, 0.25) is 17.7 Å². The van der Waals surface area contributed by atoms with E-state index in [9.17, 15) is 9.59 Å². The fourth-order valence-electron chi connectivity index (χ4n) is 4.72. The van der Waals surface area contributed by atoms with Crippen molar-refractivity contribution in [1.82, 2.24) is 34.7 Å². The van der Waals surface area contributed by atoms with Crippen molar-refractivity contribution in [2.45, 2.75) is 45.1 Å². The fourth-order valence-corrected chi connectivity index (χ4v) is 4.72. The van der Waals surface area contributed by atoms with Gasteiger partial charge in [0.05, 0.1) is 12.6 Å². The number of aromatic nitrogens is 4. The first-order valence-corrected chi connectivity index (χ1v) is 11.2. The lowest BCUT2D eigenvalue weighted by Gasteiger charge is -2.39. The molecule has 2 amide bonds. The number of hydrogen-bond donors (Lipinski definition) is 0. The average molecular weight is 444 g/mol. The molecule has 2 aliphatic heterocycles. The Morgan fingerprint density at radius 1 is 1.25 bits per heavy atom. The molecule has 10 heteroatoms. The van der Waals surface area contributed by atoms with E-state index in [0.29, 0.717) is 37.1 Å². The smallest absolute Gasteiger partial charge is 0.274 e. The van der Waals surface area contributed by atoms with Crippen molar-refractivity contribution in [3.05, 3.63) is 29.7 Å². The summed E-state index contributed by atoms with van der Waals surface area (Å²) >= 11 is 0. The molecule has 0 aliphatic carbocycles. The Hall–Kier alpha value is -2.75. The predicted molar refractivity (Wildman–Crippen MR) is 117 cm³/mol. The molecule has 2 saturated heterocycles. The van der Waals surface area contributed by atoms with Crippen LogP contribution in [0.25, 0.3) is 0 Å². The van der Waals surface area contributed by atoms with E-state index in [1.807, 2.05) is 25.8 Å². The Morgan fingerprint density at radius 2 is 1.97 bits per heavy atom. The highest BCUT2D eigenvalue weighted by molar-refractivity contribution is 5.92. The second-order valence-corrected chi connectivity index (χ2v) is 9.71. The van der Waals surface area contributed by atoms with Crippen LogP contribution in [0.2, 0.25) is 0 Å². The monoisotopic (exact) mass is 443 g/mol. The number of carbonyl (C=O) groups excluding carboxylic acids is 2. The Kier molecular flexibility index (Phi) is 6.07. The Labute approximate surface area is 188 Å². The van der Waals surface area contributed by atoms with E-state index < -0.39 is 0 Å². The van der Waals surface area contributed by atoms with Crippen LogP contribution in [0, 0.1) is 5.41 Å². The molecule has 0 N–H and O–H groups in total. The molecule has 174 valence electrons. The first-order valence-electron chi connectivity index (χ1n) is 11.2. The molecule has 0 radical (unpaired) electrons. The summed E-state index contributed by atoms with van der Waals surface area (Å²) in [5, 5.41) is 12.8. The minimum absolute atomic E-state index is 0.0185. The van der Waals surface area contributed by atoms with E-state index in [1.54, 1.807) is 35.9 Å². The standard InChI is InChI=1S/C22H33N7O3/c1-15(2)19-23-24-20(32-19)17-12-22(14-29(17)13-18(30)26(3)4)7-10-28(11-8-22)21(31)16-6-9-27(5)25-16/h6,9,15,17H,7-8,10-14H2,1-5H3. The third kappa shape index (κ3) is 4.41. The number of piperidine rings is 1. The number of likely N-dealkylation sites (N-methyl/N-ethyl adjacent to an activating group) is 1. The molecule has 4 heterocycles. The molecule has 0 bridgehead atoms. The molecule has 0 aromatic carbocycles. The quantitative estimate of drug-likeness (QED) is 0.693. The Balaban J connectivity index is 1.49. The molecular weight excluding hydrogens is 410 g/mol. The van der Waals surface area contributed by atoms with Crippen molar-refractivity contribution < 1.29 is 14.0 Å². The average Bonchev–Trinajstić information content (AvgIpc) is 3.47. The van der Waals surface area contributed by atoms with Crippen molar-refractivity contribution in [2.75, 3.05) is 40.3 Å². The third-order valence-corrected chi connectivity index (χ3v) is 6.72. The molecule has 32 heavy (non-hydrogen) atoms. The summed E-state index contributed by atoms with van der Waals surface area (Å²) in [5.74, 6) is 1.40. The molecule has 1 spiro atoms. The van der Waals surface area contributed by atoms with Crippen LogP contribution in [-0.4, -0.2) is 86.8 Å². The van der Waals surface area contributed by atoms with Gasteiger partial charge in [0.15, 0.2) is 0 Å². The van der Waals surface area contributed by atoms with Crippen LogP contribution in [0.5, 0.6) is 0 Å². The zero-order valence-electron chi connectivity index (χ0n) is 19.6. The van der Waals surface area contributed by atoms with E-state index in [1.165, 1.54) is 0 Å². The van der Waals surface area contributed by atoms with Gasteiger partial charge in [-0.3, -0.25) is 19.2 Å². The van der Waals surface area contributed by atoms with Gasteiger partial charge in [0, 0.05) is 52.9 Å². The molecular formula is C22H33N7O3. The van der Waals surface area contributed by atoms with E-state index >= 15 is 0 Å². The summed E-state index contributed by atoms with van der Waals surface area (Å²) in [6.07, 6.45) is 4.38. The Morgan fingerprint density at radius 3 is 2.53 bits per heavy atom. The SMILES string of the molecule is CC(C)c1nnc(C2CC3(CCN(C(=O)c4ccn(C)n4)CC3)CN2CC(=O)N(C)C)o1. The lowest BCUT2D eigenvalue weighted by Crippen LogP contribution is -2.45. The topological polar surface area (TPSA) is 101 Å².